The summed E-state index contributed by atoms with van der Waals surface area (Å²) in [4.78, 5) is 25.2. The predicted octanol–water partition coefficient (Wildman–Crippen LogP) is 1.12. The summed E-state index contributed by atoms with van der Waals surface area (Å²) in [7, 11) is 0. The van der Waals surface area contributed by atoms with E-state index in [1.54, 1.807) is 0 Å². The van der Waals surface area contributed by atoms with E-state index in [2.05, 4.69) is 11.5 Å². The van der Waals surface area contributed by atoms with Crippen LogP contribution in [0.1, 0.15) is 37.1 Å². The Kier molecular flexibility index (Phi) is 2960. The largest absolute Gasteiger partial charge is 0.412 e. The van der Waals surface area contributed by atoms with Crippen LogP contribution in [0.4, 0.5) is 4.79 Å². The smallest absolute Gasteiger partial charge is 0.373 e. The average molecular weight is 236 g/mol. The second-order valence-corrected chi connectivity index (χ2v) is 0.486. The summed E-state index contributed by atoms with van der Waals surface area (Å²) in [5.41, 5.74) is 8.50. The van der Waals surface area contributed by atoms with Crippen molar-refractivity contribution in [2.24, 2.45) is 11.5 Å². The van der Waals surface area contributed by atoms with Crippen LogP contribution >= 0.6 is 0 Å². The fourth-order valence-electron chi connectivity index (χ4n) is 0. The number of carbonyl (C=O) groups is 1. The molecular weight excluding hydrogens is 204 g/mol. The molecule has 0 aliphatic rings. The Labute approximate surface area is 93.9 Å². The first kappa shape index (κ1) is 170. The van der Waals surface area contributed by atoms with Gasteiger partial charge in [0.15, 0.2) is 0 Å². The van der Waals surface area contributed by atoms with Gasteiger partial charge in [-0.1, -0.05) is 37.1 Å². The van der Waals surface area contributed by atoms with Crippen LogP contribution in [0.25, 0.3) is 0 Å². The highest BCUT2D eigenvalue weighted by Gasteiger charge is 1.60. The van der Waals surface area contributed by atoms with Crippen LogP contribution < -0.4 is 23.8 Å². The molecule has 0 unspecified atom stereocenters. The van der Waals surface area contributed by atoms with Gasteiger partial charge >= 0.3 is 12.2 Å². The lowest BCUT2D eigenvalue weighted by Crippen LogP contribution is -2.18. The Morgan fingerprint density at radius 3 is 0.800 bits per heavy atom. The molecular formula is C7H32N4O4. The highest BCUT2D eigenvalue weighted by Crippen LogP contribution is 1.25. The van der Waals surface area contributed by atoms with Crippen LogP contribution in [0.15, 0.2) is 0 Å². The zero-order valence-electron chi connectivity index (χ0n) is 5.29. The molecule has 0 spiro atoms. The molecule has 0 atom stereocenters. The zero-order valence-corrected chi connectivity index (χ0v) is 5.29. The number of amides is 2. The molecule has 0 radical (unpaired) electrons. The highest BCUT2D eigenvalue weighted by molar-refractivity contribution is 5.69. The molecule has 0 aliphatic carbocycles. The van der Waals surface area contributed by atoms with Crippen molar-refractivity contribution in [2.45, 2.75) is 37.1 Å². The van der Waals surface area contributed by atoms with Gasteiger partial charge in [-0.3, -0.25) is 0 Å². The van der Waals surface area contributed by atoms with Gasteiger partial charge in [-0.25, -0.2) is 4.79 Å². The molecule has 8 nitrogen and oxygen atoms in total. The molecule has 0 aromatic carbocycles. The molecule has 0 bridgehead atoms. The molecule has 0 saturated heterocycles. The molecule has 2 amide bonds. The molecule has 0 heterocycles. The summed E-state index contributed by atoms with van der Waals surface area (Å²) in [6, 6.07) is -0.833. The van der Waals surface area contributed by atoms with Crippen molar-refractivity contribution < 1.29 is 19.9 Å². The first-order valence-electron chi connectivity index (χ1n) is 1.19. The maximum absolute atomic E-state index is 9.00. The Hall–Kier alpha value is -1.47. The van der Waals surface area contributed by atoms with Crippen molar-refractivity contribution in [2.75, 3.05) is 0 Å². The van der Waals surface area contributed by atoms with Crippen LogP contribution in [0.3, 0.4) is 0 Å². The molecule has 8 heteroatoms. The van der Waals surface area contributed by atoms with Gasteiger partial charge in [0.1, 0.15) is 0 Å². The van der Waals surface area contributed by atoms with Crippen molar-refractivity contribution in [1.29, 1.82) is 0 Å². The maximum atomic E-state index is 9.00. The second-order valence-electron chi connectivity index (χ2n) is 0.486. The SMILES string of the molecule is C.C.C.C.C.N.N.NC(N)=O.O.O=C=O. The predicted molar refractivity (Wildman–Crippen MR) is 66.1 cm³/mol. The zero-order chi connectivity index (χ0) is 6.28. The van der Waals surface area contributed by atoms with Crippen LogP contribution in [0.2, 0.25) is 0 Å². The molecule has 12 N–H and O–H groups in total. The minimum Gasteiger partial charge on any atom is -0.412 e. The van der Waals surface area contributed by atoms with E-state index >= 15 is 0 Å². The molecule has 0 saturated carbocycles. The van der Waals surface area contributed by atoms with Gasteiger partial charge in [0.05, 0.1) is 0 Å². The topological polar surface area (TPSA) is 205 Å². The number of rotatable bonds is 0. The third-order valence-corrected chi connectivity index (χ3v) is 0. The van der Waals surface area contributed by atoms with Gasteiger partial charge < -0.3 is 29.2 Å². The molecule has 0 aliphatic heterocycles. The van der Waals surface area contributed by atoms with E-state index in [-0.39, 0.29) is 61.1 Å². The van der Waals surface area contributed by atoms with Gasteiger partial charge in [0.2, 0.25) is 0 Å². The third kappa shape index (κ3) is 643. The Morgan fingerprint density at radius 1 is 0.800 bits per heavy atom. The third-order valence-electron chi connectivity index (χ3n) is 0. The lowest BCUT2D eigenvalue weighted by atomic mass is 11.2. The highest BCUT2D eigenvalue weighted by atomic mass is 16.2. The Balaban J connectivity index is -0.00000000275. The summed E-state index contributed by atoms with van der Waals surface area (Å²) in [6.07, 6.45) is 0.250. The first-order valence-corrected chi connectivity index (χ1v) is 1.19. The molecule has 0 rings (SSSR count). The normalized spacial score (nSPS) is 2.13. The summed E-state index contributed by atoms with van der Waals surface area (Å²) in [6.45, 7) is 0. The van der Waals surface area contributed by atoms with Crippen LogP contribution in [-0.4, -0.2) is 17.7 Å². The molecule has 15 heavy (non-hydrogen) atoms. The second kappa shape index (κ2) is 260. The summed E-state index contributed by atoms with van der Waals surface area (Å²) in [5.74, 6) is 0. The molecule has 104 valence electrons. The van der Waals surface area contributed by atoms with Crippen molar-refractivity contribution >= 4 is 12.2 Å². The Bertz CT molecular complexity index is 91.0. The average Bonchev–Trinajstić information content (AvgIpc) is 1.33. The number of nitrogens with two attached hydrogens (primary N) is 2. The van der Waals surface area contributed by atoms with E-state index in [1.165, 1.54) is 0 Å². The standard InChI is InChI=1S/CH4N2O.CO2.5CH4.2H3N.H2O/c2-1(3)4;2-1-3;;;;;;;;/h(H4,2,3,4);;5*1H4;2*1H3;1H2. The minimum atomic E-state index is -0.833. The monoisotopic (exact) mass is 236 g/mol. The van der Waals surface area contributed by atoms with E-state index in [0.717, 1.165) is 0 Å². The van der Waals surface area contributed by atoms with E-state index in [1.807, 2.05) is 0 Å². The van der Waals surface area contributed by atoms with Gasteiger partial charge in [-0.2, -0.15) is 9.59 Å². The van der Waals surface area contributed by atoms with Crippen LogP contribution in [0, 0.1) is 0 Å². The lowest BCUT2D eigenvalue weighted by Gasteiger charge is -1.62. The summed E-state index contributed by atoms with van der Waals surface area (Å²) >= 11 is 0. The molecule has 0 aromatic rings. The van der Waals surface area contributed by atoms with Crippen molar-refractivity contribution in [1.82, 2.24) is 12.3 Å². The first-order chi connectivity index (χ1) is 3.15. The van der Waals surface area contributed by atoms with Gasteiger partial charge in [0.25, 0.3) is 0 Å². The van der Waals surface area contributed by atoms with Gasteiger partial charge in [-0.05, 0) is 0 Å². The van der Waals surface area contributed by atoms with E-state index in [0.29, 0.717) is 0 Å². The number of primary amides is 2. The van der Waals surface area contributed by atoms with E-state index < -0.39 is 6.03 Å². The molecule has 0 fully saturated rings. The summed E-state index contributed by atoms with van der Waals surface area (Å²) < 4.78 is 0. The van der Waals surface area contributed by atoms with E-state index in [4.69, 9.17) is 14.4 Å². The molecule has 0 aromatic heterocycles. The fourth-order valence-corrected chi connectivity index (χ4v) is 0. The lowest BCUT2D eigenvalue weighted by molar-refractivity contribution is -0.191. The number of urea groups is 1. The van der Waals surface area contributed by atoms with Gasteiger partial charge in [-0.15, -0.1) is 0 Å². The van der Waals surface area contributed by atoms with Crippen LogP contribution in [0.5, 0.6) is 0 Å². The number of hydrogen-bond donors (Lipinski definition) is 4. The van der Waals surface area contributed by atoms with Crippen molar-refractivity contribution in [3.63, 3.8) is 0 Å². The number of carbonyl (C=O) groups excluding carboxylic acids is 3. The summed E-state index contributed by atoms with van der Waals surface area (Å²) in [5, 5.41) is 0. The van der Waals surface area contributed by atoms with Gasteiger partial charge in [0, 0.05) is 0 Å². The van der Waals surface area contributed by atoms with Crippen LogP contribution in [-0.2, 0) is 9.59 Å². The Morgan fingerprint density at radius 2 is 0.800 bits per heavy atom. The van der Waals surface area contributed by atoms with E-state index in [9.17, 15) is 0 Å². The quantitative estimate of drug-likeness (QED) is 0.486. The van der Waals surface area contributed by atoms with Crippen molar-refractivity contribution in [3.8, 4) is 0 Å². The maximum Gasteiger partial charge on any atom is 0.373 e. The fraction of sp³-hybridized carbons (Fsp3) is 0.714. The minimum absolute atomic E-state index is 0. The number of hydrogen-bond acceptors (Lipinski definition) is 5. The van der Waals surface area contributed by atoms with Crippen molar-refractivity contribution in [3.05, 3.63) is 0 Å².